The van der Waals surface area contributed by atoms with Gasteiger partial charge in [0.1, 0.15) is 5.75 Å². The average molecular weight is 357 g/mol. The number of methoxy groups -OCH3 is 1. The second kappa shape index (κ2) is 7.57. The predicted molar refractivity (Wildman–Crippen MR) is 96.0 cm³/mol. The first kappa shape index (κ1) is 17.3. The number of Topliss-reactive ketones (excluding diaryl/α,β-unsaturated/α-hetero) is 1. The van der Waals surface area contributed by atoms with Crippen molar-refractivity contribution in [1.29, 1.82) is 0 Å². The minimum atomic E-state index is 0.0331. The highest BCUT2D eigenvalue weighted by molar-refractivity contribution is 7.98. The standard InChI is InChI=1S/C18H19N3O3S/c1-4-21-17(16-6-5-9-24-16)19-20-18(21)25-11-14-10-13(12(2)22)7-8-15(14)23-3/h5-10H,4,11H2,1-3H3. The zero-order chi connectivity index (χ0) is 17.8. The van der Waals surface area contributed by atoms with Crippen molar-refractivity contribution in [3.63, 3.8) is 0 Å². The summed E-state index contributed by atoms with van der Waals surface area (Å²) in [4.78, 5) is 11.6. The van der Waals surface area contributed by atoms with Crippen molar-refractivity contribution < 1.29 is 13.9 Å². The van der Waals surface area contributed by atoms with Crippen LogP contribution in [0.5, 0.6) is 5.75 Å². The van der Waals surface area contributed by atoms with Gasteiger partial charge in [0, 0.05) is 23.4 Å². The first-order valence-corrected chi connectivity index (χ1v) is 8.90. The molecule has 0 aliphatic carbocycles. The lowest BCUT2D eigenvalue weighted by Crippen LogP contribution is -2.00. The highest BCUT2D eigenvalue weighted by Crippen LogP contribution is 2.30. The number of carbonyl (C=O) groups is 1. The van der Waals surface area contributed by atoms with Crippen LogP contribution in [-0.4, -0.2) is 27.7 Å². The highest BCUT2D eigenvalue weighted by atomic mass is 32.2. The molecule has 0 saturated carbocycles. The maximum Gasteiger partial charge on any atom is 0.200 e. The first-order chi connectivity index (χ1) is 12.1. The molecule has 2 heterocycles. The average Bonchev–Trinajstić information content (AvgIpc) is 3.28. The van der Waals surface area contributed by atoms with Gasteiger partial charge in [-0.25, -0.2) is 0 Å². The molecular formula is C18H19N3O3S. The molecule has 130 valence electrons. The van der Waals surface area contributed by atoms with Crippen LogP contribution in [0.15, 0.2) is 46.2 Å². The minimum absolute atomic E-state index is 0.0331. The predicted octanol–water partition coefficient (Wildman–Crippen LogP) is 4.06. The third kappa shape index (κ3) is 3.61. The number of ketones is 1. The van der Waals surface area contributed by atoms with E-state index >= 15 is 0 Å². The molecule has 0 fully saturated rings. The van der Waals surface area contributed by atoms with Crippen LogP contribution in [0.3, 0.4) is 0 Å². The van der Waals surface area contributed by atoms with E-state index in [0.29, 0.717) is 22.9 Å². The molecule has 0 saturated heterocycles. The molecule has 0 N–H and O–H groups in total. The summed E-state index contributed by atoms with van der Waals surface area (Å²) in [6.45, 7) is 4.33. The molecule has 1 aromatic carbocycles. The summed E-state index contributed by atoms with van der Waals surface area (Å²) in [6, 6.07) is 9.16. The molecule has 0 aliphatic rings. The van der Waals surface area contributed by atoms with Crippen molar-refractivity contribution >= 4 is 17.5 Å². The van der Waals surface area contributed by atoms with Gasteiger partial charge in [-0.15, -0.1) is 10.2 Å². The number of thioether (sulfide) groups is 1. The Labute approximate surface area is 150 Å². The lowest BCUT2D eigenvalue weighted by Gasteiger charge is -2.10. The largest absolute Gasteiger partial charge is 0.496 e. The fourth-order valence-corrected chi connectivity index (χ4v) is 3.50. The first-order valence-electron chi connectivity index (χ1n) is 7.91. The molecule has 0 unspecified atom stereocenters. The molecule has 0 spiro atoms. The minimum Gasteiger partial charge on any atom is -0.496 e. The van der Waals surface area contributed by atoms with Gasteiger partial charge in [0.2, 0.25) is 0 Å². The summed E-state index contributed by atoms with van der Waals surface area (Å²) in [6.07, 6.45) is 1.62. The number of nitrogens with zero attached hydrogens (tertiary/aromatic N) is 3. The van der Waals surface area contributed by atoms with Gasteiger partial charge in [0.25, 0.3) is 0 Å². The van der Waals surface area contributed by atoms with Crippen LogP contribution in [0, 0.1) is 0 Å². The Morgan fingerprint density at radius 2 is 2.16 bits per heavy atom. The van der Waals surface area contributed by atoms with E-state index in [0.717, 1.165) is 23.0 Å². The van der Waals surface area contributed by atoms with Crippen LogP contribution < -0.4 is 4.74 Å². The SMILES string of the molecule is CCn1c(SCc2cc(C(C)=O)ccc2OC)nnc1-c1ccco1. The van der Waals surface area contributed by atoms with E-state index in [1.807, 2.05) is 35.8 Å². The Morgan fingerprint density at radius 3 is 2.80 bits per heavy atom. The lowest BCUT2D eigenvalue weighted by atomic mass is 10.1. The third-order valence-corrected chi connectivity index (χ3v) is 4.83. The molecule has 3 aromatic rings. The number of benzene rings is 1. The summed E-state index contributed by atoms with van der Waals surface area (Å²) in [5.41, 5.74) is 1.62. The van der Waals surface area contributed by atoms with E-state index in [1.165, 1.54) is 0 Å². The van der Waals surface area contributed by atoms with Gasteiger partial charge in [0.15, 0.2) is 22.5 Å². The smallest absolute Gasteiger partial charge is 0.200 e. The number of carbonyl (C=O) groups excluding carboxylic acids is 1. The number of hydrogen-bond donors (Lipinski definition) is 0. The molecule has 0 amide bonds. The quantitative estimate of drug-likeness (QED) is 0.469. The molecule has 25 heavy (non-hydrogen) atoms. The Balaban J connectivity index is 1.85. The molecule has 2 aromatic heterocycles. The number of aromatic nitrogens is 3. The van der Waals surface area contributed by atoms with Crippen LogP contribution in [0.1, 0.15) is 29.8 Å². The monoisotopic (exact) mass is 357 g/mol. The zero-order valence-electron chi connectivity index (χ0n) is 14.4. The summed E-state index contributed by atoms with van der Waals surface area (Å²) in [5.74, 6) is 2.81. The lowest BCUT2D eigenvalue weighted by molar-refractivity contribution is 0.101. The Hall–Kier alpha value is -2.54. The molecule has 0 bridgehead atoms. The van der Waals surface area contributed by atoms with Gasteiger partial charge in [-0.05, 0) is 44.2 Å². The van der Waals surface area contributed by atoms with Crippen molar-refractivity contribution in [1.82, 2.24) is 14.8 Å². The summed E-state index contributed by atoms with van der Waals surface area (Å²) < 4.78 is 12.8. The number of rotatable bonds is 7. The number of ether oxygens (including phenoxy) is 1. The van der Waals surface area contributed by atoms with Crippen LogP contribution in [0.4, 0.5) is 0 Å². The normalized spacial score (nSPS) is 10.8. The second-order valence-electron chi connectivity index (χ2n) is 5.40. The van der Waals surface area contributed by atoms with Crippen molar-refractivity contribution in [2.45, 2.75) is 31.3 Å². The molecule has 6 nitrogen and oxygen atoms in total. The molecule has 7 heteroatoms. The topological polar surface area (TPSA) is 70.2 Å². The van der Waals surface area contributed by atoms with Crippen molar-refractivity contribution in [3.8, 4) is 17.3 Å². The van der Waals surface area contributed by atoms with Gasteiger partial charge >= 0.3 is 0 Å². The van der Waals surface area contributed by atoms with Crippen LogP contribution in [0.25, 0.3) is 11.6 Å². The van der Waals surface area contributed by atoms with Gasteiger partial charge < -0.3 is 9.15 Å². The maximum atomic E-state index is 11.6. The van der Waals surface area contributed by atoms with Crippen molar-refractivity contribution in [2.75, 3.05) is 7.11 Å². The fourth-order valence-electron chi connectivity index (χ4n) is 2.52. The fraction of sp³-hybridized carbons (Fsp3) is 0.278. The zero-order valence-corrected chi connectivity index (χ0v) is 15.2. The Morgan fingerprint density at radius 1 is 1.32 bits per heavy atom. The van der Waals surface area contributed by atoms with Crippen LogP contribution >= 0.6 is 11.8 Å². The van der Waals surface area contributed by atoms with E-state index in [1.54, 1.807) is 38.1 Å². The van der Waals surface area contributed by atoms with E-state index < -0.39 is 0 Å². The summed E-state index contributed by atoms with van der Waals surface area (Å²) in [5, 5.41) is 9.32. The van der Waals surface area contributed by atoms with E-state index in [9.17, 15) is 4.79 Å². The summed E-state index contributed by atoms with van der Waals surface area (Å²) in [7, 11) is 1.63. The van der Waals surface area contributed by atoms with Crippen molar-refractivity contribution in [2.24, 2.45) is 0 Å². The van der Waals surface area contributed by atoms with Gasteiger partial charge in [0.05, 0.1) is 13.4 Å². The van der Waals surface area contributed by atoms with Gasteiger partial charge in [-0.3, -0.25) is 9.36 Å². The van der Waals surface area contributed by atoms with E-state index in [-0.39, 0.29) is 5.78 Å². The Kier molecular flexibility index (Phi) is 5.23. The van der Waals surface area contributed by atoms with Gasteiger partial charge in [-0.1, -0.05) is 11.8 Å². The number of furan rings is 1. The van der Waals surface area contributed by atoms with Crippen LogP contribution in [0.2, 0.25) is 0 Å². The number of hydrogen-bond acceptors (Lipinski definition) is 6. The molecule has 0 atom stereocenters. The van der Waals surface area contributed by atoms with Crippen molar-refractivity contribution in [3.05, 3.63) is 47.7 Å². The third-order valence-electron chi connectivity index (χ3n) is 3.82. The Bertz CT molecular complexity index is 872. The van der Waals surface area contributed by atoms with E-state index in [2.05, 4.69) is 10.2 Å². The van der Waals surface area contributed by atoms with Gasteiger partial charge in [-0.2, -0.15) is 0 Å². The maximum absolute atomic E-state index is 11.6. The molecule has 3 rings (SSSR count). The second-order valence-corrected chi connectivity index (χ2v) is 6.34. The molecule has 0 aliphatic heterocycles. The molecular weight excluding hydrogens is 338 g/mol. The van der Waals surface area contributed by atoms with E-state index in [4.69, 9.17) is 9.15 Å². The highest BCUT2D eigenvalue weighted by Gasteiger charge is 2.16. The molecule has 0 radical (unpaired) electrons. The summed E-state index contributed by atoms with van der Waals surface area (Å²) >= 11 is 1.55. The van der Waals surface area contributed by atoms with Crippen LogP contribution in [-0.2, 0) is 12.3 Å².